The summed E-state index contributed by atoms with van der Waals surface area (Å²) < 4.78 is 30.4. The van der Waals surface area contributed by atoms with Gasteiger partial charge in [0, 0.05) is 37.1 Å². The van der Waals surface area contributed by atoms with Gasteiger partial charge in [-0.15, -0.1) is 0 Å². The number of nitrogens with zero attached hydrogens (tertiary/aromatic N) is 3. The molecular weight excluding hydrogens is 408 g/mol. The summed E-state index contributed by atoms with van der Waals surface area (Å²) in [6.07, 6.45) is 1.85. The molecule has 3 amide bonds. The lowest BCUT2D eigenvalue weighted by molar-refractivity contribution is -0.163. The summed E-state index contributed by atoms with van der Waals surface area (Å²) in [6, 6.07) is 1.05. The van der Waals surface area contributed by atoms with E-state index < -0.39 is 29.4 Å². The van der Waals surface area contributed by atoms with Crippen LogP contribution in [0.3, 0.4) is 0 Å². The Labute approximate surface area is 179 Å². The number of halogens is 2. The topological polar surface area (TPSA) is 81.2 Å². The van der Waals surface area contributed by atoms with Crippen molar-refractivity contribution >= 4 is 17.7 Å². The zero-order valence-electron chi connectivity index (χ0n) is 17.6. The van der Waals surface area contributed by atoms with Crippen molar-refractivity contribution in [2.24, 2.45) is 5.92 Å². The quantitative estimate of drug-likeness (QED) is 0.717. The Morgan fingerprint density at radius 1 is 1.13 bits per heavy atom. The highest BCUT2D eigenvalue weighted by Crippen LogP contribution is 2.38. The van der Waals surface area contributed by atoms with Gasteiger partial charge in [-0.2, -0.15) is 5.01 Å². The molecule has 2 fully saturated rings. The number of rotatable bonds is 5. The minimum atomic E-state index is -0.759. The molecule has 31 heavy (non-hydrogen) atoms. The predicted molar refractivity (Wildman–Crippen MR) is 107 cm³/mol. The summed E-state index contributed by atoms with van der Waals surface area (Å²) in [5, 5.41) is 11.0. The predicted octanol–water partition coefficient (Wildman–Crippen LogP) is 2.18. The first-order valence-electron chi connectivity index (χ1n) is 10.8. The largest absolute Gasteiger partial charge is 0.396 e. The van der Waals surface area contributed by atoms with Crippen LogP contribution in [0, 0.1) is 17.6 Å². The molecule has 1 aromatic carbocycles. The molecule has 3 aliphatic rings. The number of benzene rings is 1. The summed E-state index contributed by atoms with van der Waals surface area (Å²) in [7, 11) is 0. The molecule has 4 rings (SSSR count). The molecule has 7 nitrogen and oxygen atoms in total. The molecule has 0 aliphatic carbocycles. The Bertz CT molecular complexity index is 899. The van der Waals surface area contributed by atoms with E-state index in [2.05, 4.69) is 4.90 Å². The highest BCUT2D eigenvalue weighted by atomic mass is 19.1. The lowest BCUT2D eigenvalue weighted by atomic mass is 9.86. The van der Waals surface area contributed by atoms with Crippen LogP contribution in [0.4, 0.5) is 8.78 Å². The standard InChI is InChI=1S/C22H27F2N3O4/c1-13(12-28)10-25-7-5-14(6-8-25)20-17(23)9-15-16(21(20)24)11-26(22(15)31)27-18(29)3-2-4-19(27)30/h9,13-14,28H,2-8,10-12H2,1H3/t13-/m1/s1. The number of carbonyl (C=O) groups is 3. The van der Waals surface area contributed by atoms with E-state index in [-0.39, 0.29) is 54.5 Å². The van der Waals surface area contributed by atoms with Crippen molar-refractivity contribution < 1.29 is 28.3 Å². The number of fused-ring (bicyclic) bond motifs is 1. The number of hydrogen-bond acceptors (Lipinski definition) is 5. The van der Waals surface area contributed by atoms with Crippen LogP contribution >= 0.6 is 0 Å². The van der Waals surface area contributed by atoms with Crippen molar-refractivity contribution in [3.8, 4) is 0 Å². The first kappa shape index (κ1) is 21.8. The van der Waals surface area contributed by atoms with E-state index in [0.29, 0.717) is 32.4 Å². The van der Waals surface area contributed by atoms with E-state index in [9.17, 15) is 23.9 Å². The first-order valence-corrected chi connectivity index (χ1v) is 10.8. The van der Waals surface area contributed by atoms with Crippen LogP contribution in [-0.4, -0.2) is 64.0 Å². The fourth-order valence-corrected chi connectivity index (χ4v) is 4.83. The number of imide groups is 1. The lowest BCUT2D eigenvalue weighted by Gasteiger charge is -2.33. The van der Waals surface area contributed by atoms with Gasteiger partial charge in [0.05, 0.1) is 12.1 Å². The zero-order chi connectivity index (χ0) is 22.3. The Morgan fingerprint density at radius 2 is 1.77 bits per heavy atom. The second-order valence-electron chi connectivity index (χ2n) is 8.79. The smallest absolute Gasteiger partial charge is 0.273 e. The highest BCUT2D eigenvalue weighted by molar-refractivity contribution is 6.04. The molecule has 0 spiro atoms. The van der Waals surface area contributed by atoms with Gasteiger partial charge in [0.2, 0.25) is 11.8 Å². The molecule has 0 saturated carbocycles. The van der Waals surface area contributed by atoms with E-state index >= 15 is 4.39 Å². The number of piperidine rings is 2. The maximum absolute atomic E-state index is 15.4. The van der Waals surface area contributed by atoms with Crippen LogP contribution in [0.15, 0.2) is 6.07 Å². The third kappa shape index (κ3) is 3.96. The fraction of sp³-hybridized carbons (Fsp3) is 0.591. The molecule has 0 unspecified atom stereocenters. The molecule has 3 aliphatic heterocycles. The van der Waals surface area contributed by atoms with E-state index in [1.165, 1.54) is 0 Å². The summed E-state index contributed by atoms with van der Waals surface area (Å²) >= 11 is 0. The average Bonchev–Trinajstić information content (AvgIpc) is 3.05. The van der Waals surface area contributed by atoms with Crippen molar-refractivity contribution in [3.63, 3.8) is 0 Å². The van der Waals surface area contributed by atoms with Crippen LogP contribution < -0.4 is 0 Å². The molecular formula is C22H27F2N3O4. The maximum Gasteiger partial charge on any atom is 0.273 e. The lowest BCUT2D eigenvalue weighted by Crippen LogP contribution is -2.52. The summed E-state index contributed by atoms with van der Waals surface area (Å²) in [4.78, 5) is 39.4. The monoisotopic (exact) mass is 435 g/mol. The van der Waals surface area contributed by atoms with Gasteiger partial charge < -0.3 is 10.0 Å². The molecule has 9 heteroatoms. The first-order chi connectivity index (χ1) is 14.8. The second kappa shape index (κ2) is 8.63. The highest BCUT2D eigenvalue weighted by Gasteiger charge is 2.42. The van der Waals surface area contributed by atoms with Gasteiger partial charge in [-0.05, 0) is 50.3 Å². The van der Waals surface area contributed by atoms with Crippen LogP contribution in [0.2, 0.25) is 0 Å². The molecule has 1 atom stereocenters. The molecule has 1 N–H and O–H groups in total. The second-order valence-corrected chi connectivity index (χ2v) is 8.79. The van der Waals surface area contributed by atoms with Crippen molar-refractivity contribution in [3.05, 3.63) is 34.4 Å². The Balaban J connectivity index is 1.55. The number of hydrogen-bond donors (Lipinski definition) is 1. The van der Waals surface area contributed by atoms with Gasteiger partial charge >= 0.3 is 0 Å². The van der Waals surface area contributed by atoms with Crippen molar-refractivity contribution in [1.82, 2.24) is 14.9 Å². The Kier molecular flexibility index (Phi) is 6.07. The summed E-state index contributed by atoms with van der Waals surface area (Å²) in [6.45, 7) is 3.88. The average molecular weight is 435 g/mol. The van der Waals surface area contributed by atoms with E-state index in [0.717, 1.165) is 22.6 Å². The molecule has 0 radical (unpaired) electrons. The Morgan fingerprint density at radius 3 is 2.39 bits per heavy atom. The van der Waals surface area contributed by atoms with E-state index in [4.69, 9.17) is 0 Å². The van der Waals surface area contributed by atoms with Gasteiger partial charge in [0.25, 0.3) is 5.91 Å². The summed E-state index contributed by atoms with van der Waals surface area (Å²) in [5.41, 5.74) is -0.0948. The maximum atomic E-state index is 15.4. The molecule has 168 valence electrons. The third-order valence-electron chi connectivity index (χ3n) is 6.50. The fourth-order valence-electron chi connectivity index (χ4n) is 4.83. The van der Waals surface area contributed by atoms with Gasteiger partial charge in [-0.1, -0.05) is 6.92 Å². The Hall–Kier alpha value is -2.39. The minimum Gasteiger partial charge on any atom is -0.396 e. The van der Waals surface area contributed by atoms with Crippen LogP contribution in [0.1, 0.15) is 66.4 Å². The number of aliphatic hydroxyl groups excluding tert-OH is 1. The van der Waals surface area contributed by atoms with Crippen molar-refractivity contribution in [2.45, 2.75) is 51.5 Å². The molecule has 2 saturated heterocycles. The van der Waals surface area contributed by atoms with Crippen molar-refractivity contribution in [2.75, 3.05) is 26.2 Å². The third-order valence-corrected chi connectivity index (χ3v) is 6.50. The van der Waals surface area contributed by atoms with Gasteiger partial charge in [-0.3, -0.25) is 14.4 Å². The SMILES string of the molecule is C[C@@H](CO)CN1CCC(c2c(F)cc3c(c2F)CN(N2C(=O)CCCC2=O)C3=O)CC1. The zero-order valence-corrected chi connectivity index (χ0v) is 17.6. The van der Waals surface area contributed by atoms with Gasteiger partial charge in [-0.25, -0.2) is 13.8 Å². The summed E-state index contributed by atoms with van der Waals surface area (Å²) in [5.74, 6) is -3.40. The number of carbonyl (C=O) groups excluding carboxylic acids is 3. The van der Waals surface area contributed by atoms with Crippen LogP contribution in [-0.2, 0) is 16.1 Å². The van der Waals surface area contributed by atoms with Gasteiger partial charge in [0.1, 0.15) is 11.6 Å². The normalized spacial score (nSPS) is 21.7. The number of amides is 3. The van der Waals surface area contributed by atoms with E-state index in [1.54, 1.807) is 0 Å². The van der Waals surface area contributed by atoms with Gasteiger partial charge in [0.15, 0.2) is 0 Å². The van der Waals surface area contributed by atoms with Crippen LogP contribution in [0.5, 0.6) is 0 Å². The molecule has 0 aromatic heterocycles. The molecule has 3 heterocycles. The number of aliphatic hydroxyl groups is 1. The van der Waals surface area contributed by atoms with Crippen molar-refractivity contribution in [1.29, 1.82) is 0 Å². The molecule has 1 aromatic rings. The number of likely N-dealkylation sites (tertiary alicyclic amines) is 1. The van der Waals surface area contributed by atoms with E-state index in [1.807, 2.05) is 6.92 Å². The number of hydrazine groups is 1. The molecule has 0 bridgehead atoms. The minimum absolute atomic E-state index is 0.0143. The van der Waals surface area contributed by atoms with Crippen LogP contribution in [0.25, 0.3) is 0 Å².